The van der Waals surface area contributed by atoms with E-state index in [-0.39, 0.29) is 18.9 Å². The minimum absolute atomic E-state index is 0.0642. The lowest BCUT2D eigenvalue weighted by Crippen LogP contribution is -2.13. The third kappa shape index (κ3) is 3.97. The van der Waals surface area contributed by atoms with Gasteiger partial charge < -0.3 is 9.15 Å². The molecule has 0 amide bonds. The van der Waals surface area contributed by atoms with Gasteiger partial charge in [-0.25, -0.2) is 9.50 Å². The molecule has 0 aliphatic heterocycles. The number of aryl methyl sites for hydroxylation is 2. The van der Waals surface area contributed by atoms with Gasteiger partial charge in [0.25, 0.3) is 11.7 Å². The summed E-state index contributed by atoms with van der Waals surface area (Å²) in [5.41, 5.74) is 3.09. The molecule has 0 spiro atoms. The summed E-state index contributed by atoms with van der Waals surface area (Å²) in [5, 5.41) is 12.9. The van der Waals surface area contributed by atoms with Crippen LogP contribution in [0.5, 0.6) is 0 Å². The monoisotopic (exact) mass is 410 g/mol. The molecule has 0 radical (unpaired) electrons. The van der Waals surface area contributed by atoms with Crippen LogP contribution in [0.4, 0.5) is 0 Å². The van der Waals surface area contributed by atoms with Crippen LogP contribution in [-0.2, 0) is 22.6 Å². The van der Waals surface area contributed by atoms with E-state index in [0.29, 0.717) is 16.8 Å². The maximum atomic E-state index is 12.4. The van der Waals surface area contributed by atoms with Gasteiger partial charge in [-0.15, -0.1) is 15.3 Å². The van der Waals surface area contributed by atoms with E-state index in [1.54, 1.807) is 4.52 Å². The van der Waals surface area contributed by atoms with Gasteiger partial charge in [0.15, 0.2) is 6.61 Å². The Kier molecular flexibility index (Phi) is 5.26. The first-order valence-corrected chi connectivity index (χ1v) is 10.1. The molecule has 10 heteroatoms. The number of hydrogen-bond donors (Lipinski definition) is 0. The molecule has 0 N–H and O–H groups in total. The van der Waals surface area contributed by atoms with Gasteiger partial charge in [-0.3, -0.25) is 4.79 Å². The number of carbonyl (C=O) groups is 1. The minimum atomic E-state index is -0.415. The van der Waals surface area contributed by atoms with Crippen molar-refractivity contribution in [3.63, 3.8) is 0 Å². The van der Waals surface area contributed by atoms with Crippen molar-refractivity contribution in [1.82, 2.24) is 29.8 Å². The van der Waals surface area contributed by atoms with Crippen molar-refractivity contribution < 1.29 is 13.9 Å². The number of ether oxygens (including phenoxy) is 1. The number of nitrogens with zero attached hydrogens (tertiary/aromatic N) is 6. The van der Waals surface area contributed by atoms with Crippen molar-refractivity contribution in [2.24, 2.45) is 0 Å². The Morgan fingerprint density at radius 3 is 2.72 bits per heavy atom. The second-order valence-corrected chi connectivity index (χ2v) is 7.05. The SMILES string of the molecule is CSc1nc2nc(C)c(CC(=O)OCc3nnc(-c4ccccc4)o3)c(C)n2n1. The first-order chi connectivity index (χ1) is 14.0. The summed E-state index contributed by atoms with van der Waals surface area (Å²) in [7, 11) is 0. The number of carbonyl (C=O) groups excluding carboxylic acids is 1. The van der Waals surface area contributed by atoms with E-state index < -0.39 is 5.97 Å². The van der Waals surface area contributed by atoms with Crippen molar-refractivity contribution in [3.05, 3.63) is 53.2 Å². The maximum Gasteiger partial charge on any atom is 0.310 e. The van der Waals surface area contributed by atoms with E-state index in [9.17, 15) is 4.79 Å². The molecule has 0 fully saturated rings. The zero-order valence-electron chi connectivity index (χ0n) is 16.1. The van der Waals surface area contributed by atoms with Crippen molar-refractivity contribution in [2.45, 2.75) is 32.0 Å². The highest BCUT2D eigenvalue weighted by Gasteiger charge is 2.17. The summed E-state index contributed by atoms with van der Waals surface area (Å²) in [5.74, 6) is 0.719. The third-order valence-electron chi connectivity index (χ3n) is 4.38. The smallest absolute Gasteiger partial charge is 0.310 e. The molecule has 148 valence electrons. The highest BCUT2D eigenvalue weighted by Crippen LogP contribution is 2.19. The topological polar surface area (TPSA) is 108 Å². The van der Waals surface area contributed by atoms with Gasteiger partial charge in [0.2, 0.25) is 11.0 Å². The van der Waals surface area contributed by atoms with E-state index >= 15 is 0 Å². The molecule has 0 atom stereocenters. The van der Waals surface area contributed by atoms with Gasteiger partial charge in [-0.2, -0.15) is 4.98 Å². The highest BCUT2D eigenvalue weighted by atomic mass is 32.2. The van der Waals surface area contributed by atoms with Crippen LogP contribution in [0.15, 0.2) is 39.9 Å². The Bertz CT molecular complexity index is 1170. The molecule has 9 nitrogen and oxygen atoms in total. The van der Waals surface area contributed by atoms with Crippen molar-refractivity contribution >= 4 is 23.5 Å². The maximum absolute atomic E-state index is 12.4. The molecular formula is C19H18N6O3S. The van der Waals surface area contributed by atoms with E-state index in [0.717, 1.165) is 22.5 Å². The number of rotatable bonds is 6. The summed E-state index contributed by atoms with van der Waals surface area (Å²) >= 11 is 1.44. The lowest BCUT2D eigenvalue weighted by Gasteiger charge is -2.09. The Balaban J connectivity index is 1.44. The zero-order valence-corrected chi connectivity index (χ0v) is 16.9. The second kappa shape index (κ2) is 8.00. The number of aromatic nitrogens is 6. The Hall–Kier alpha value is -3.27. The van der Waals surface area contributed by atoms with Gasteiger partial charge in [0.05, 0.1) is 6.42 Å². The fourth-order valence-corrected chi connectivity index (χ4v) is 3.22. The predicted molar refractivity (Wildman–Crippen MR) is 105 cm³/mol. The molecule has 0 bridgehead atoms. The fourth-order valence-electron chi connectivity index (χ4n) is 2.88. The molecule has 29 heavy (non-hydrogen) atoms. The van der Waals surface area contributed by atoms with Crippen LogP contribution in [0.3, 0.4) is 0 Å². The van der Waals surface area contributed by atoms with Crippen LogP contribution in [0.25, 0.3) is 17.2 Å². The molecule has 0 unspecified atom stereocenters. The average Bonchev–Trinajstić information content (AvgIpc) is 3.37. The molecule has 3 aromatic heterocycles. The molecular weight excluding hydrogens is 392 g/mol. The normalized spacial score (nSPS) is 11.1. The largest absolute Gasteiger partial charge is 0.455 e. The van der Waals surface area contributed by atoms with Crippen molar-refractivity contribution in [3.8, 4) is 11.5 Å². The Morgan fingerprint density at radius 1 is 1.17 bits per heavy atom. The second-order valence-electron chi connectivity index (χ2n) is 6.28. The summed E-state index contributed by atoms with van der Waals surface area (Å²) in [6, 6.07) is 9.40. The lowest BCUT2D eigenvalue weighted by atomic mass is 10.1. The van der Waals surface area contributed by atoms with Crippen LogP contribution < -0.4 is 0 Å². The minimum Gasteiger partial charge on any atom is -0.455 e. The quantitative estimate of drug-likeness (QED) is 0.350. The molecule has 3 heterocycles. The first-order valence-electron chi connectivity index (χ1n) is 8.85. The zero-order chi connectivity index (χ0) is 20.4. The van der Waals surface area contributed by atoms with Crippen LogP contribution in [-0.4, -0.2) is 42.0 Å². The van der Waals surface area contributed by atoms with E-state index in [1.807, 2.05) is 50.4 Å². The number of benzene rings is 1. The highest BCUT2D eigenvalue weighted by molar-refractivity contribution is 7.98. The number of thioether (sulfide) groups is 1. The summed E-state index contributed by atoms with van der Waals surface area (Å²) in [6.45, 7) is 3.63. The van der Waals surface area contributed by atoms with Crippen molar-refractivity contribution in [1.29, 1.82) is 0 Å². The Labute approximate surface area is 170 Å². The summed E-state index contributed by atoms with van der Waals surface area (Å²) in [4.78, 5) is 21.2. The summed E-state index contributed by atoms with van der Waals surface area (Å²) < 4.78 is 12.5. The summed E-state index contributed by atoms with van der Waals surface area (Å²) in [6.07, 6.45) is 1.96. The van der Waals surface area contributed by atoms with Gasteiger partial charge in [-0.1, -0.05) is 30.0 Å². The first kappa shape index (κ1) is 19.1. The average molecular weight is 410 g/mol. The van der Waals surface area contributed by atoms with Crippen molar-refractivity contribution in [2.75, 3.05) is 6.26 Å². The molecule has 0 saturated heterocycles. The van der Waals surface area contributed by atoms with Gasteiger partial charge in [0, 0.05) is 22.5 Å². The molecule has 4 rings (SSSR count). The molecule has 0 aliphatic rings. The van der Waals surface area contributed by atoms with Gasteiger partial charge >= 0.3 is 5.97 Å². The molecule has 0 saturated carbocycles. The van der Waals surface area contributed by atoms with Crippen LogP contribution >= 0.6 is 11.8 Å². The predicted octanol–water partition coefficient (Wildman–Crippen LogP) is 2.80. The number of hydrogen-bond acceptors (Lipinski definition) is 9. The lowest BCUT2D eigenvalue weighted by molar-refractivity contribution is -0.144. The Morgan fingerprint density at radius 2 is 1.97 bits per heavy atom. The molecule has 1 aromatic carbocycles. The fraction of sp³-hybridized carbons (Fsp3) is 0.263. The van der Waals surface area contributed by atoms with Gasteiger partial charge in [0.1, 0.15) is 0 Å². The standard InChI is InChI=1S/C19H18N6O3S/c1-11-14(12(2)25-18(20-11)21-19(24-25)29-3)9-16(26)27-10-15-22-23-17(28-15)13-7-5-4-6-8-13/h4-8H,9-10H2,1-3H3. The van der Waals surface area contributed by atoms with E-state index in [4.69, 9.17) is 9.15 Å². The molecule has 4 aromatic rings. The number of esters is 1. The van der Waals surface area contributed by atoms with E-state index in [2.05, 4.69) is 25.3 Å². The molecule has 0 aliphatic carbocycles. The van der Waals surface area contributed by atoms with Crippen LogP contribution in [0.1, 0.15) is 22.8 Å². The van der Waals surface area contributed by atoms with Crippen LogP contribution in [0, 0.1) is 13.8 Å². The van der Waals surface area contributed by atoms with Gasteiger partial charge in [-0.05, 0) is 32.2 Å². The van der Waals surface area contributed by atoms with Crippen LogP contribution in [0.2, 0.25) is 0 Å². The van der Waals surface area contributed by atoms with E-state index in [1.165, 1.54) is 11.8 Å². The number of fused-ring (bicyclic) bond motifs is 1. The third-order valence-corrected chi connectivity index (χ3v) is 4.92.